The topological polar surface area (TPSA) is 38.8 Å². The highest BCUT2D eigenvalue weighted by atomic mass is 16.5. The zero-order valence-corrected chi connectivity index (χ0v) is 15.4. The minimum Gasteiger partial charge on any atom is -0.493 e. The Morgan fingerprint density at radius 2 is 1.78 bits per heavy atom. The van der Waals surface area contributed by atoms with E-state index in [1.54, 1.807) is 14.2 Å². The number of hydrogen-bond acceptors (Lipinski definition) is 3. The molecule has 0 aliphatic carbocycles. The summed E-state index contributed by atoms with van der Waals surface area (Å²) >= 11 is 0. The molecule has 23 heavy (non-hydrogen) atoms. The number of rotatable bonds is 8. The van der Waals surface area contributed by atoms with Crippen LogP contribution in [0.3, 0.4) is 0 Å². The van der Waals surface area contributed by atoms with Crippen molar-refractivity contribution in [3.05, 3.63) is 23.8 Å². The van der Waals surface area contributed by atoms with Gasteiger partial charge in [0.25, 0.3) is 0 Å². The van der Waals surface area contributed by atoms with Gasteiger partial charge < -0.3 is 14.4 Å². The number of benzene rings is 1. The molecule has 130 valence electrons. The van der Waals surface area contributed by atoms with E-state index in [0.717, 1.165) is 24.9 Å². The maximum atomic E-state index is 12.6. The molecule has 0 atom stereocenters. The number of ether oxygens (including phenoxy) is 2. The molecule has 0 spiro atoms. The summed E-state index contributed by atoms with van der Waals surface area (Å²) in [7, 11) is 3.25. The lowest BCUT2D eigenvalue weighted by atomic mass is 9.91. The van der Waals surface area contributed by atoms with Crippen LogP contribution in [0.15, 0.2) is 18.2 Å². The van der Waals surface area contributed by atoms with Gasteiger partial charge in [-0.3, -0.25) is 4.79 Å². The molecule has 0 bridgehead atoms. The molecule has 0 saturated carbocycles. The third-order valence-corrected chi connectivity index (χ3v) is 3.64. The van der Waals surface area contributed by atoms with Crippen LogP contribution < -0.4 is 9.47 Å². The van der Waals surface area contributed by atoms with E-state index in [1.165, 1.54) is 0 Å². The average molecular weight is 321 g/mol. The van der Waals surface area contributed by atoms with Gasteiger partial charge in [-0.1, -0.05) is 40.2 Å². The van der Waals surface area contributed by atoms with Crippen LogP contribution in [-0.4, -0.2) is 31.6 Å². The maximum Gasteiger partial charge on any atom is 0.223 e. The second-order valence-electron chi connectivity index (χ2n) is 7.10. The summed E-state index contributed by atoms with van der Waals surface area (Å²) in [6, 6.07) is 5.83. The molecule has 4 heteroatoms. The van der Waals surface area contributed by atoms with Crippen molar-refractivity contribution < 1.29 is 14.3 Å². The quantitative estimate of drug-likeness (QED) is 0.718. The zero-order chi connectivity index (χ0) is 17.5. The number of hydrogen-bond donors (Lipinski definition) is 0. The molecular weight excluding hydrogens is 290 g/mol. The summed E-state index contributed by atoms with van der Waals surface area (Å²) in [6.07, 6.45) is 2.65. The molecule has 0 saturated heterocycles. The molecular formula is C19H31NO3. The summed E-state index contributed by atoms with van der Waals surface area (Å²) in [5.41, 5.74) is 1.06. The molecule has 0 aromatic heterocycles. The Bertz CT molecular complexity index is 506. The summed E-state index contributed by atoms with van der Waals surface area (Å²) in [6.45, 7) is 9.83. The van der Waals surface area contributed by atoms with Crippen molar-refractivity contribution in [2.45, 2.75) is 53.5 Å². The monoisotopic (exact) mass is 321 g/mol. The van der Waals surface area contributed by atoms with Crippen LogP contribution in [-0.2, 0) is 11.3 Å². The number of nitrogens with zero attached hydrogens (tertiary/aromatic N) is 1. The summed E-state index contributed by atoms with van der Waals surface area (Å²) in [5, 5.41) is 0. The molecule has 1 aromatic carbocycles. The molecule has 0 radical (unpaired) electrons. The zero-order valence-electron chi connectivity index (χ0n) is 15.4. The van der Waals surface area contributed by atoms with Crippen molar-refractivity contribution in [1.82, 2.24) is 4.90 Å². The van der Waals surface area contributed by atoms with Crippen LogP contribution in [0.2, 0.25) is 0 Å². The summed E-state index contributed by atoms with van der Waals surface area (Å²) in [4.78, 5) is 14.6. The number of unbranched alkanes of at least 4 members (excludes halogenated alkanes) is 1. The van der Waals surface area contributed by atoms with E-state index in [-0.39, 0.29) is 11.3 Å². The van der Waals surface area contributed by atoms with Crippen LogP contribution in [0.4, 0.5) is 0 Å². The van der Waals surface area contributed by atoms with Gasteiger partial charge in [-0.15, -0.1) is 0 Å². The van der Waals surface area contributed by atoms with Gasteiger partial charge in [0.15, 0.2) is 11.5 Å². The van der Waals surface area contributed by atoms with Crippen molar-refractivity contribution in [2.24, 2.45) is 5.41 Å². The molecule has 1 amide bonds. The molecule has 0 aliphatic rings. The second kappa shape index (κ2) is 8.80. The molecule has 4 nitrogen and oxygen atoms in total. The molecule has 0 unspecified atom stereocenters. The molecule has 0 heterocycles. The molecule has 0 N–H and O–H groups in total. The van der Waals surface area contributed by atoms with Gasteiger partial charge in [-0.2, -0.15) is 0 Å². The lowest BCUT2D eigenvalue weighted by molar-refractivity contribution is -0.133. The normalized spacial score (nSPS) is 11.2. The standard InChI is InChI=1S/C19H31NO3/c1-7-8-11-20(18(21)13-19(2,3)4)14-15-9-10-16(22-5)17(12-15)23-6/h9-10,12H,7-8,11,13-14H2,1-6H3. The maximum absolute atomic E-state index is 12.6. The van der Waals surface area contributed by atoms with E-state index in [1.807, 2.05) is 23.1 Å². The predicted molar refractivity (Wildman–Crippen MR) is 93.9 cm³/mol. The Labute approximate surface area is 140 Å². The Morgan fingerprint density at radius 1 is 1.13 bits per heavy atom. The van der Waals surface area contributed by atoms with E-state index in [9.17, 15) is 4.79 Å². The minimum absolute atomic E-state index is 0.000847. The van der Waals surface area contributed by atoms with Crippen molar-refractivity contribution in [3.63, 3.8) is 0 Å². The van der Waals surface area contributed by atoms with Crippen molar-refractivity contribution in [1.29, 1.82) is 0 Å². The smallest absolute Gasteiger partial charge is 0.223 e. The van der Waals surface area contributed by atoms with E-state index >= 15 is 0 Å². The van der Waals surface area contributed by atoms with E-state index < -0.39 is 0 Å². The second-order valence-corrected chi connectivity index (χ2v) is 7.10. The van der Waals surface area contributed by atoms with Crippen LogP contribution in [0.5, 0.6) is 11.5 Å². The van der Waals surface area contributed by atoms with E-state index in [2.05, 4.69) is 27.7 Å². The highest BCUT2D eigenvalue weighted by Gasteiger charge is 2.21. The molecule has 0 fully saturated rings. The van der Waals surface area contributed by atoms with E-state index in [0.29, 0.717) is 24.5 Å². The van der Waals surface area contributed by atoms with E-state index in [4.69, 9.17) is 9.47 Å². The first-order chi connectivity index (χ1) is 10.8. The van der Waals surface area contributed by atoms with Gasteiger partial charge in [0, 0.05) is 19.5 Å². The van der Waals surface area contributed by atoms with Crippen LogP contribution in [0.25, 0.3) is 0 Å². The van der Waals surface area contributed by atoms with Crippen LogP contribution in [0.1, 0.15) is 52.5 Å². The number of carbonyl (C=O) groups is 1. The number of carbonyl (C=O) groups excluding carboxylic acids is 1. The van der Waals surface area contributed by atoms with Crippen molar-refractivity contribution in [3.8, 4) is 11.5 Å². The van der Waals surface area contributed by atoms with Gasteiger partial charge in [-0.05, 0) is 29.5 Å². The minimum atomic E-state index is -0.000847. The van der Waals surface area contributed by atoms with Gasteiger partial charge in [0.2, 0.25) is 5.91 Å². The van der Waals surface area contributed by atoms with Gasteiger partial charge in [0.05, 0.1) is 14.2 Å². The van der Waals surface area contributed by atoms with Crippen LogP contribution in [0, 0.1) is 5.41 Å². The SMILES string of the molecule is CCCCN(Cc1ccc(OC)c(OC)c1)C(=O)CC(C)(C)C. The average Bonchev–Trinajstić information content (AvgIpc) is 2.49. The Morgan fingerprint density at radius 3 is 2.30 bits per heavy atom. The van der Waals surface area contributed by atoms with Crippen molar-refractivity contribution in [2.75, 3.05) is 20.8 Å². The lowest BCUT2D eigenvalue weighted by Gasteiger charge is -2.27. The third kappa shape index (κ3) is 6.51. The first-order valence-electron chi connectivity index (χ1n) is 8.29. The van der Waals surface area contributed by atoms with Gasteiger partial charge >= 0.3 is 0 Å². The molecule has 1 rings (SSSR count). The van der Waals surface area contributed by atoms with Gasteiger partial charge in [0.1, 0.15) is 0 Å². The molecule has 1 aromatic rings. The number of methoxy groups -OCH3 is 2. The lowest BCUT2D eigenvalue weighted by Crippen LogP contribution is -2.34. The Kier molecular flexibility index (Phi) is 7.40. The number of amides is 1. The first-order valence-corrected chi connectivity index (χ1v) is 8.29. The summed E-state index contributed by atoms with van der Waals surface area (Å²) < 4.78 is 10.6. The largest absolute Gasteiger partial charge is 0.493 e. The predicted octanol–water partition coefficient (Wildman–Crippen LogP) is 4.27. The fourth-order valence-corrected chi connectivity index (χ4v) is 2.41. The van der Waals surface area contributed by atoms with Gasteiger partial charge in [-0.25, -0.2) is 0 Å². The third-order valence-electron chi connectivity index (χ3n) is 3.64. The highest BCUT2D eigenvalue weighted by molar-refractivity contribution is 5.76. The summed E-state index contributed by atoms with van der Waals surface area (Å²) in [5.74, 6) is 1.61. The fraction of sp³-hybridized carbons (Fsp3) is 0.632. The first kappa shape index (κ1) is 19.3. The fourth-order valence-electron chi connectivity index (χ4n) is 2.41. The van der Waals surface area contributed by atoms with Crippen molar-refractivity contribution >= 4 is 5.91 Å². The molecule has 0 aliphatic heterocycles. The van der Waals surface area contributed by atoms with Crippen LogP contribution >= 0.6 is 0 Å². The highest BCUT2D eigenvalue weighted by Crippen LogP contribution is 2.28. The Hall–Kier alpha value is -1.71. The Balaban J connectivity index is 2.90.